The summed E-state index contributed by atoms with van der Waals surface area (Å²) in [5.74, 6) is 0. The first-order valence-corrected chi connectivity index (χ1v) is 7.30. The van der Waals surface area contributed by atoms with Gasteiger partial charge in [-0.25, -0.2) is 0 Å². The number of hydrogen-bond acceptors (Lipinski definition) is 2. The summed E-state index contributed by atoms with van der Waals surface area (Å²) in [6.07, 6.45) is 6.02. The largest absolute Gasteiger partial charge is 0.388 e. The first kappa shape index (κ1) is 18.4. The quantitative estimate of drug-likeness (QED) is 0.553. The highest BCUT2D eigenvalue weighted by molar-refractivity contribution is 5.02. The lowest BCUT2D eigenvalue weighted by atomic mass is 10.1. The maximum absolute atomic E-state index is 9.47. The van der Waals surface area contributed by atoms with Crippen LogP contribution in [-0.4, -0.2) is 42.1 Å². The second kappa shape index (κ2) is 10.2. The Morgan fingerprint density at radius 3 is 1.95 bits per heavy atom. The highest BCUT2D eigenvalue weighted by Gasteiger charge is 2.13. The van der Waals surface area contributed by atoms with Crippen molar-refractivity contribution in [3.8, 4) is 0 Å². The molecule has 0 aromatic rings. The van der Waals surface area contributed by atoms with E-state index in [0.717, 1.165) is 19.4 Å². The maximum atomic E-state index is 9.47. The second-order valence-corrected chi connectivity index (χ2v) is 5.93. The fraction of sp³-hybridized carbons (Fsp3) is 0.750. The summed E-state index contributed by atoms with van der Waals surface area (Å²) in [7, 11) is 0. The maximum Gasteiger partial charge on any atom is 0.103 e. The molecule has 0 saturated heterocycles. The molecule has 0 amide bonds. The van der Waals surface area contributed by atoms with E-state index in [-0.39, 0.29) is 12.2 Å². The molecule has 112 valence electrons. The molecule has 0 fully saturated rings. The summed E-state index contributed by atoms with van der Waals surface area (Å²) in [6.45, 7) is 12.2. The third-order valence-corrected chi connectivity index (χ3v) is 3.00. The van der Waals surface area contributed by atoms with Gasteiger partial charge >= 0.3 is 0 Å². The third kappa shape index (κ3) is 12.2. The van der Waals surface area contributed by atoms with Crippen molar-refractivity contribution in [2.45, 2.75) is 59.7 Å². The number of rotatable bonds is 9. The van der Waals surface area contributed by atoms with Gasteiger partial charge in [-0.3, -0.25) is 0 Å². The molecule has 3 nitrogen and oxygen atoms in total. The summed E-state index contributed by atoms with van der Waals surface area (Å²) in [6, 6.07) is 0. The summed E-state index contributed by atoms with van der Waals surface area (Å²) in [5.41, 5.74) is 2.74. The molecule has 1 unspecified atom stereocenters. The van der Waals surface area contributed by atoms with Crippen molar-refractivity contribution < 1.29 is 15.1 Å². The van der Waals surface area contributed by atoms with E-state index in [1.165, 1.54) is 16.0 Å². The van der Waals surface area contributed by atoms with Crippen LogP contribution in [0.1, 0.15) is 47.5 Å². The molecule has 0 bridgehead atoms. The van der Waals surface area contributed by atoms with E-state index in [1.54, 1.807) is 13.8 Å². The number of aliphatic hydroxyl groups excluding tert-OH is 2. The summed E-state index contributed by atoms with van der Waals surface area (Å²) < 4.78 is 0. The van der Waals surface area contributed by atoms with Crippen molar-refractivity contribution >= 4 is 0 Å². The van der Waals surface area contributed by atoms with Crippen LogP contribution in [0.2, 0.25) is 0 Å². The number of allylic oxidation sites excluding steroid dienone is 3. The zero-order valence-electron chi connectivity index (χ0n) is 13.2. The number of hydrogen-bond donors (Lipinski definition) is 3. The van der Waals surface area contributed by atoms with E-state index < -0.39 is 0 Å². The van der Waals surface area contributed by atoms with Crippen molar-refractivity contribution in [3.63, 3.8) is 0 Å². The molecule has 0 radical (unpaired) electrons. The number of quaternary nitrogens is 1. The van der Waals surface area contributed by atoms with Crippen LogP contribution < -0.4 is 4.90 Å². The summed E-state index contributed by atoms with van der Waals surface area (Å²) in [5, 5.41) is 18.9. The normalized spacial score (nSPS) is 16.9. The zero-order valence-corrected chi connectivity index (χ0v) is 13.2. The number of nitrogens with one attached hydrogen (secondary N) is 1. The lowest BCUT2D eigenvalue weighted by molar-refractivity contribution is -0.900. The third-order valence-electron chi connectivity index (χ3n) is 3.00. The van der Waals surface area contributed by atoms with Crippen LogP contribution in [0.15, 0.2) is 23.3 Å². The Balaban J connectivity index is 4.22. The van der Waals surface area contributed by atoms with Gasteiger partial charge < -0.3 is 15.1 Å². The predicted octanol–water partition coefficient (Wildman–Crippen LogP) is 1.33. The average Bonchev–Trinajstić information content (AvgIpc) is 2.23. The SMILES string of the molecule is CC(C)=CCC/C(C)=C/C[NH+](C[C@H](C)O)C[C@@H](C)O. The Bertz CT molecular complexity index is 279. The lowest BCUT2D eigenvalue weighted by Crippen LogP contribution is -3.13. The average molecular weight is 270 g/mol. The van der Waals surface area contributed by atoms with Gasteiger partial charge in [-0.2, -0.15) is 0 Å². The van der Waals surface area contributed by atoms with Crippen molar-refractivity contribution in [3.05, 3.63) is 23.3 Å². The molecule has 0 saturated carbocycles. The van der Waals surface area contributed by atoms with Gasteiger partial charge in [-0.15, -0.1) is 0 Å². The van der Waals surface area contributed by atoms with Crippen LogP contribution in [-0.2, 0) is 0 Å². The standard InChI is InChI=1S/C16H31NO2/c1-13(2)7-6-8-14(3)9-10-17(11-15(4)18)12-16(5)19/h7,9,15-16,18-19H,6,8,10-12H2,1-5H3/p+1/b14-9+/t15-,16+. The van der Waals surface area contributed by atoms with Crippen LogP contribution in [0.4, 0.5) is 0 Å². The minimum Gasteiger partial charge on any atom is -0.388 e. The monoisotopic (exact) mass is 270 g/mol. The van der Waals surface area contributed by atoms with Crippen molar-refractivity contribution in [2.24, 2.45) is 0 Å². The van der Waals surface area contributed by atoms with Gasteiger partial charge in [0.05, 0.1) is 6.54 Å². The topological polar surface area (TPSA) is 44.9 Å². The van der Waals surface area contributed by atoms with E-state index in [1.807, 2.05) is 0 Å². The Morgan fingerprint density at radius 1 is 1.00 bits per heavy atom. The molecular weight excluding hydrogens is 238 g/mol. The molecule has 0 rings (SSSR count). The van der Waals surface area contributed by atoms with Crippen LogP contribution >= 0.6 is 0 Å². The van der Waals surface area contributed by atoms with Gasteiger partial charge in [0, 0.05) is 0 Å². The lowest BCUT2D eigenvalue weighted by Gasteiger charge is -2.21. The van der Waals surface area contributed by atoms with Gasteiger partial charge in [-0.05, 0) is 53.5 Å². The van der Waals surface area contributed by atoms with Crippen LogP contribution in [0.25, 0.3) is 0 Å². The smallest absolute Gasteiger partial charge is 0.103 e. The fourth-order valence-corrected chi connectivity index (χ4v) is 2.09. The Hall–Kier alpha value is -0.640. The van der Waals surface area contributed by atoms with Crippen molar-refractivity contribution in [2.75, 3.05) is 19.6 Å². The Morgan fingerprint density at radius 2 is 1.53 bits per heavy atom. The molecule has 0 aliphatic heterocycles. The molecule has 0 aromatic heterocycles. The zero-order chi connectivity index (χ0) is 14.8. The van der Waals surface area contributed by atoms with Gasteiger partial charge in [-0.1, -0.05) is 17.2 Å². The molecule has 0 aliphatic carbocycles. The van der Waals surface area contributed by atoms with E-state index in [9.17, 15) is 10.2 Å². The second-order valence-electron chi connectivity index (χ2n) is 5.93. The number of aliphatic hydroxyl groups is 2. The summed E-state index contributed by atoms with van der Waals surface area (Å²) >= 11 is 0. The molecule has 0 spiro atoms. The molecule has 0 heterocycles. The molecule has 3 atom stereocenters. The van der Waals surface area contributed by atoms with Gasteiger partial charge in [0.25, 0.3) is 0 Å². The molecule has 0 aliphatic rings. The van der Waals surface area contributed by atoms with Crippen LogP contribution in [0.3, 0.4) is 0 Å². The minimum absolute atomic E-state index is 0.326. The van der Waals surface area contributed by atoms with E-state index in [4.69, 9.17) is 0 Å². The fourth-order valence-electron chi connectivity index (χ4n) is 2.09. The predicted molar refractivity (Wildman–Crippen MR) is 81.3 cm³/mol. The minimum atomic E-state index is -0.326. The molecule has 19 heavy (non-hydrogen) atoms. The van der Waals surface area contributed by atoms with E-state index in [2.05, 4.69) is 32.9 Å². The van der Waals surface area contributed by atoms with Gasteiger partial charge in [0.1, 0.15) is 25.3 Å². The molecule has 0 aromatic carbocycles. The van der Waals surface area contributed by atoms with Gasteiger partial charge in [0.2, 0.25) is 0 Å². The Kier molecular flexibility index (Phi) is 9.84. The van der Waals surface area contributed by atoms with E-state index in [0.29, 0.717) is 13.1 Å². The molecule has 3 heteroatoms. The highest BCUT2D eigenvalue weighted by Crippen LogP contribution is 2.05. The van der Waals surface area contributed by atoms with Crippen molar-refractivity contribution in [1.29, 1.82) is 0 Å². The molecule has 3 N–H and O–H groups in total. The Labute approximate surface area is 118 Å². The van der Waals surface area contributed by atoms with Crippen LogP contribution in [0.5, 0.6) is 0 Å². The van der Waals surface area contributed by atoms with E-state index >= 15 is 0 Å². The highest BCUT2D eigenvalue weighted by atomic mass is 16.3. The van der Waals surface area contributed by atoms with Gasteiger partial charge in [0.15, 0.2) is 0 Å². The molecular formula is C16H32NO2+. The first-order chi connectivity index (χ1) is 8.81. The first-order valence-electron chi connectivity index (χ1n) is 7.30. The van der Waals surface area contributed by atoms with Crippen molar-refractivity contribution in [1.82, 2.24) is 0 Å². The summed E-state index contributed by atoms with van der Waals surface area (Å²) in [4.78, 5) is 1.23. The van der Waals surface area contributed by atoms with Crippen LogP contribution in [0, 0.1) is 0 Å².